The number of phenolic OH excluding ortho intramolecular Hbond substituents is 1. The smallest absolute Gasteiger partial charge is 0.307 e. The Bertz CT molecular complexity index is 4990. The Morgan fingerprint density at radius 2 is 1.10 bits per heavy atom. The number of hydrogen-bond acceptors (Lipinski definition) is 23. The molecule has 41 nitrogen and oxygen atoms in total. The van der Waals surface area contributed by atoms with Crippen molar-refractivity contribution in [3.05, 3.63) is 102 Å². The van der Waals surface area contributed by atoms with Gasteiger partial charge in [0.05, 0.1) is 44.4 Å². The summed E-state index contributed by atoms with van der Waals surface area (Å²) in [5, 5.41) is 52.1. The predicted octanol–water partition coefficient (Wildman–Crippen LogP) is -0.930. The number of aliphatic hydroxyl groups is 1. The molecule has 3 fully saturated rings. The first kappa shape index (κ1) is 107. The highest BCUT2D eigenvalue weighted by atomic mass is 32.2. The molecule has 14 atom stereocenters. The van der Waals surface area contributed by atoms with Crippen molar-refractivity contribution in [1.29, 1.82) is 0 Å². The molecule has 3 saturated heterocycles. The molecular weight excluding hydrogens is 1750 g/mol. The van der Waals surface area contributed by atoms with Crippen molar-refractivity contribution < 1.29 is 101 Å². The molecule has 0 saturated carbocycles. The number of unbranched alkanes of at least 4 members (excludes halogenated alkanes) is 2. The zero-order chi connectivity index (χ0) is 98.3. The number of primary amides is 1. The predicted molar refractivity (Wildman–Crippen MR) is 496 cm³/mol. The summed E-state index contributed by atoms with van der Waals surface area (Å²) < 4.78 is 4.95. The molecule has 1 unspecified atom stereocenters. The Morgan fingerprint density at radius 1 is 0.560 bits per heavy atom. The second kappa shape index (κ2) is 51.5. The number of esters is 1. The van der Waals surface area contributed by atoms with Crippen molar-refractivity contribution in [2.45, 2.75) is 243 Å². The molecule has 0 spiro atoms. The van der Waals surface area contributed by atoms with Crippen LogP contribution in [0.5, 0.6) is 5.75 Å². The topological polar surface area (TPSA) is 589 Å². The number of aromatic nitrogens is 2. The van der Waals surface area contributed by atoms with Crippen molar-refractivity contribution in [2.75, 3.05) is 78.5 Å². The fraction of sp³-hybridized carbons (Fsp3) is 0.565. The van der Waals surface area contributed by atoms with E-state index in [-0.39, 0.29) is 108 Å². The zero-order valence-corrected chi connectivity index (χ0v) is 78.8. The van der Waals surface area contributed by atoms with Gasteiger partial charge in [-0.25, -0.2) is 0 Å². The number of nitrogens with zero attached hydrogens (tertiary/aromatic N) is 5. The van der Waals surface area contributed by atoms with Gasteiger partial charge in [-0.05, 0) is 105 Å². The summed E-state index contributed by atoms with van der Waals surface area (Å²) in [6, 6.07) is 0.607. The minimum Gasteiger partial charge on any atom is -0.508 e. The normalized spacial score (nSPS) is 24.3. The van der Waals surface area contributed by atoms with Crippen molar-refractivity contribution >= 4 is 140 Å². The lowest BCUT2D eigenvalue weighted by atomic mass is 9.99. The average molecular weight is 1890 g/mol. The van der Waals surface area contributed by atoms with E-state index in [9.17, 15) is 67.7 Å². The summed E-state index contributed by atoms with van der Waals surface area (Å²) in [5.41, 5.74) is 14.8. The maximum Gasteiger partial charge on any atom is 0.307 e. The summed E-state index contributed by atoms with van der Waals surface area (Å²) in [5.74, 6) is -17.4. The van der Waals surface area contributed by atoms with E-state index in [0.29, 0.717) is 64.2 Å². The molecule has 5 aromatic rings. The maximum absolute atomic E-state index is 15.6. The highest BCUT2D eigenvalue weighted by Crippen LogP contribution is 2.28. The summed E-state index contributed by atoms with van der Waals surface area (Å²) in [6.45, 7) is 11.0. The number of likely N-dealkylation sites (N-methyl/N-ethyl adjacent to an activating group) is 3. The third-order valence-corrected chi connectivity index (χ3v) is 24.9. The van der Waals surface area contributed by atoms with Crippen LogP contribution < -0.4 is 70.0 Å². The van der Waals surface area contributed by atoms with E-state index < -0.39 is 235 Å². The minimum absolute atomic E-state index is 0.00679. The summed E-state index contributed by atoms with van der Waals surface area (Å²) >= 11 is 0.790. The van der Waals surface area contributed by atoms with Crippen LogP contribution >= 0.6 is 11.8 Å². The molecule has 8 rings (SSSR count). The highest BCUT2D eigenvalue weighted by molar-refractivity contribution is 8.00. The molecule has 3 aromatic carbocycles. The minimum atomic E-state index is -1.77. The number of thioether (sulfide) groups is 1. The van der Waals surface area contributed by atoms with Crippen LogP contribution in [-0.4, -0.2) is 314 Å². The number of amides is 17. The van der Waals surface area contributed by atoms with E-state index in [2.05, 4.69) is 68.5 Å². The third-order valence-electron chi connectivity index (χ3n) is 23.9. The molecular formula is C92H132N20O21S. The van der Waals surface area contributed by atoms with E-state index in [0.717, 1.165) is 26.5 Å². The number of carbonyl (C=O) groups is 18. The van der Waals surface area contributed by atoms with Crippen LogP contribution in [0.1, 0.15) is 156 Å². The molecule has 732 valence electrons. The fourth-order valence-corrected chi connectivity index (χ4v) is 17.3. The van der Waals surface area contributed by atoms with Crippen LogP contribution in [-0.2, 0) is 110 Å². The zero-order valence-electron chi connectivity index (χ0n) is 77.9. The van der Waals surface area contributed by atoms with Crippen LogP contribution in [0.4, 0.5) is 0 Å². The average Bonchev–Trinajstić information content (AvgIpc) is 1.61. The van der Waals surface area contributed by atoms with Gasteiger partial charge >= 0.3 is 5.97 Å². The number of rotatable bonds is 26. The van der Waals surface area contributed by atoms with Gasteiger partial charge in [-0.2, -0.15) is 0 Å². The number of nitrogens with two attached hydrogens (primary N) is 2. The van der Waals surface area contributed by atoms with E-state index in [4.69, 9.17) is 16.2 Å². The molecule has 0 aliphatic carbocycles. The molecule has 42 heteroatoms. The van der Waals surface area contributed by atoms with Crippen LogP contribution in [0, 0.1) is 11.8 Å². The lowest BCUT2D eigenvalue weighted by molar-refractivity contribution is -0.149. The highest BCUT2D eigenvalue weighted by Gasteiger charge is 2.46. The summed E-state index contributed by atoms with van der Waals surface area (Å²) in [4.78, 5) is 273. The molecule has 17 amide bonds. The number of fused-ring (bicyclic) bond motifs is 4. The van der Waals surface area contributed by atoms with Crippen molar-refractivity contribution in [3.8, 4) is 5.75 Å². The van der Waals surface area contributed by atoms with Gasteiger partial charge in [-0.15, -0.1) is 11.8 Å². The van der Waals surface area contributed by atoms with E-state index >= 15 is 28.8 Å². The largest absolute Gasteiger partial charge is 0.508 e. The number of ether oxygens (including phenoxy) is 1. The van der Waals surface area contributed by atoms with E-state index in [1.54, 1.807) is 83.4 Å². The lowest BCUT2D eigenvalue weighted by Crippen LogP contribution is -2.61. The van der Waals surface area contributed by atoms with Gasteiger partial charge in [0.15, 0.2) is 0 Å². The van der Waals surface area contributed by atoms with Gasteiger partial charge < -0.3 is 119 Å². The van der Waals surface area contributed by atoms with E-state index in [1.807, 2.05) is 26.0 Å². The second-order valence-corrected chi connectivity index (χ2v) is 36.1. The number of phenols is 1. The Hall–Kier alpha value is -12.7. The Morgan fingerprint density at radius 3 is 1.71 bits per heavy atom. The van der Waals surface area contributed by atoms with Gasteiger partial charge in [0, 0.05) is 113 Å². The van der Waals surface area contributed by atoms with Crippen LogP contribution in [0.2, 0.25) is 0 Å². The fourth-order valence-electron chi connectivity index (χ4n) is 16.5. The number of hydrogen-bond donors (Lipinski definition) is 17. The van der Waals surface area contributed by atoms with Gasteiger partial charge in [0.25, 0.3) is 0 Å². The molecule has 0 bridgehead atoms. The molecule has 134 heavy (non-hydrogen) atoms. The van der Waals surface area contributed by atoms with Crippen molar-refractivity contribution in [3.63, 3.8) is 0 Å². The first-order chi connectivity index (χ1) is 63.7. The number of nitrogens with one attached hydrogen (secondary N) is 13. The number of carbonyl (C=O) groups excluding carboxylic acids is 18. The number of benzene rings is 3. The van der Waals surface area contributed by atoms with Gasteiger partial charge in [-0.3, -0.25) is 86.3 Å². The molecule has 3 aliphatic heterocycles. The van der Waals surface area contributed by atoms with Crippen LogP contribution in [0.3, 0.4) is 0 Å². The third kappa shape index (κ3) is 30.4. The van der Waals surface area contributed by atoms with Crippen LogP contribution in [0.15, 0.2) is 85.2 Å². The van der Waals surface area contributed by atoms with Gasteiger partial charge in [0.2, 0.25) is 100 Å². The first-order valence-corrected chi connectivity index (χ1v) is 46.8. The SMILES string of the molecule is CCCC[C@H]1C(=O)N(C)[C@@H](CCCC)C(=O)N[C@@H](CC(C)C)C(=O)N[C@H](C(=O)NCC(=O)NCCC(=O)OCC)CSCC(=O)N[C@@H](Cc2ccc(O)cc2)C(=O)N(C)[C@@H](C)C(=O)N[C@@H](CC(N)=O)C(=O)N2CCC[C@H]2C(=O)N[C@@H](CN)C(=O)N[C@@H](CC(C)C)C(=O)N2C[C@H](O)C[C@H]2C(=O)N[C@@H](Cc2c[nH]c3ccccc23)C(=O)NCC(=O)NC(Cc2c[nH]c3ccccc23)C(=O)N1C. The number of aromatic amines is 2. The van der Waals surface area contributed by atoms with Crippen molar-refractivity contribution in [1.82, 2.24) is 93.0 Å². The number of aliphatic hydroxyl groups excluding tert-OH is 1. The van der Waals surface area contributed by atoms with Gasteiger partial charge in [0.1, 0.15) is 84.3 Å². The first-order valence-electron chi connectivity index (χ1n) is 45.7. The quantitative estimate of drug-likeness (QED) is 0.0297. The van der Waals surface area contributed by atoms with E-state index in [1.165, 1.54) is 62.1 Å². The standard InChI is InChI=1S/C92H132N20O21S/c1-12-15-26-71-85(125)102-63(36-51(4)5)83(123)107-70(82(122)98-46-76(116)95-34-33-79(119)133-14-3)49-134-50-78(118)101-66(38-54-29-31-57(113)32-30-54)88(128)108(9)53(8)80(120)104-68(42-75(94)115)90(130)111-35-21-28-72(111)86(126)106-69(43-93)84(124)105-65(37-52(6)7)91(131)112-48-58(114)41-74(112)87(127)103-64(39-55-44-96-61-24-19-17-22-59(55)61)81(121)99-47-77(117)100-67(40-56-45-97-62-25-20-18-23-60(56)62)89(129)110(11)73(27-16-13-2)92(132)109(71)10/h17-20,22-25,29-32,44-45,51-53,58,63-74,96-97,113-114H,12-16,21,26-28,33-43,46-50,93H2,1-11H3,(H2,94,115)(H,95,116)(H,98,122)(H,99,121)(H,100,117)(H,101,118)(H,102,125)(H,103,127)(H,104,120)(H,105,124)(H,106,126)(H,107,123)/t53-,58+,63-,64-,65-,66-,67?,68-,69-,70-,71-,72-,73-,74-/m0/s1. The monoisotopic (exact) mass is 1880 g/mol. The Labute approximate surface area is 782 Å². The number of H-pyrrole nitrogens is 2. The molecule has 5 heterocycles. The summed E-state index contributed by atoms with van der Waals surface area (Å²) in [6.07, 6.45) is 1.92. The van der Waals surface area contributed by atoms with Crippen molar-refractivity contribution in [2.24, 2.45) is 23.3 Å². The maximum atomic E-state index is 15.6. The second-order valence-electron chi connectivity index (χ2n) is 35.1. The Balaban J connectivity index is 1.17. The summed E-state index contributed by atoms with van der Waals surface area (Å²) in [7, 11) is 4.01. The number of aromatic hydroxyl groups is 1. The Kier molecular flexibility index (Phi) is 41.0. The lowest BCUT2D eigenvalue weighted by Gasteiger charge is -2.36. The number of para-hydroxylation sites is 2. The molecule has 2 aromatic heterocycles. The molecule has 0 radical (unpaired) electrons. The molecule has 3 aliphatic rings. The molecule has 19 N–H and O–H groups in total. The van der Waals surface area contributed by atoms with Crippen LogP contribution in [0.25, 0.3) is 21.8 Å². The van der Waals surface area contributed by atoms with Gasteiger partial charge in [-0.1, -0.05) is 116 Å².